The van der Waals surface area contributed by atoms with Gasteiger partial charge in [0.05, 0.1) is 25.9 Å². The lowest BCUT2D eigenvalue weighted by Gasteiger charge is -2.30. The molecule has 1 fully saturated rings. The predicted molar refractivity (Wildman–Crippen MR) is 61.3 cm³/mol. The minimum absolute atomic E-state index is 0.0725. The lowest BCUT2D eigenvalue weighted by molar-refractivity contribution is -0.101. The van der Waals surface area contributed by atoms with E-state index >= 15 is 0 Å². The van der Waals surface area contributed by atoms with Gasteiger partial charge in [-0.3, -0.25) is 4.98 Å². The van der Waals surface area contributed by atoms with Gasteiger partial charge in [0.2, 0.25) is 0 Å². The molecule has 0 radical (unpaired) electrons. The highest BCUT2D eigenvalue weighted by Gasteiger charge is 2.25. The molecule has 0 spiro atoms. The molecule has 16 heavy (non-hydrogen) atoms. The van der Waals surface area contributed by atoms with Gasteiger partial charge in [-0.25, -0.2) is 0 Å². The van der Waals surface area contributed by atoms with Crippen LogP contribution in [0.2, 0.25) is 0 Å². The van der Waals surface area contributed by atoms with Crippen molar-refractivity contribution in [1.82, 2.24) is 10.3 Å². The minimum atomic E-state index is 0.0725. The zero-order chi connectivity index (χ0) is 11.4. The van der Waals surface area contributed by atoms with E-state index in [4.69, 9.17) is 9.47 Å². The third kappa shape index (κ3) is 2.58. The molecule has 88 valence electrons. The fraction of sp³-hybridized carbons (Fsp3) is 0.583. The zero-order valence-electron chi connectivity index (χ0n) is 9.77. The van der Waals surface area contributed by atoms with E-state index in [1.165, 1.54) is 0 Å². The summed E-state index contributed by atoms with van der Waals surface area (Å²) in [6, 6.07) is 4.25. The Balaban J connectivity index is 2.11. The summed E-state index contributed by atoms with van der Waals surface area (Å²) in [6.07, 6.45) is 1.97. The van der Waals surface area contributed by atoms with Gasteiger partial charge in [-0.15, -0.1) is 0 Å². The Bertz CT molecular complexity index is 320. The molecule has 0 aromatic carbocycles. The Kier molecular flexibility index (Phi) is 3.88. The highest BCUT2D eigenvalue weighted by atomic mass is 16.6. The van der Waals surface area contributed by atoms with Crippen molar-refractivity contribution in [2.45, 2.75) is 19.1 Å². The van der Waals surface area contributed by atoms with Crippen LogP contribution in [0.5, 0.6) is 0 Å². The summed E-state index contributed by atoms with van der Waals surface area (Å²) in [5.41, 5.74) is 2.17. The van der Waals surface area contributed by atoms with Crippen molar-refractivity contribution in [3.63, 3.8) is 0 Å². The second-order valence-electron chi connectivity index (χ2n) is 3.98. The molecule has 1 aliphatic rings. The number of aryl methyl sites for hydroxylation is 1. The molecular weight excluding hydrogens is 204 g/mol. The number of likely N-dealkylation sites (N-methyl/N-ethyl adjacent to an activating group) is 1. The van der Waals surface area contributed by atoms with Crippen LogP contribution in [0.1, 0.15) is 17.3 Å². The second-order valence-corrected chi connectivity index (χ2v) is 3.98. The van der Waals surface area contributed by atoms with Crippen molar-refractivity contribution >= 4 is 0 Å². The van der Waals surface area contributed by atoms with E-state index in [0.29, 0.717) is 19.8 Å². The van der Waals surface area contributed by atoms with Crippen molar-refractivity contribution in [1.29, 1.82) is 0 Å². The Hall–Kier alpha value is -0.970. The van der Waals surface area contributed by atoms with Crippen molar-refractivity contribution in [3.05, 3.63) is 29.6 Å². The van der Waals surface area contributed by atoms with E-state index in [1.807, 2.05) is 26.2 Å². The topological polar surface area (TPSA) is 43.4 Å². The molecule has 0 amide bonds. The molecule has 0 bridgehead atoms. The van der Waals surface area contributed by atoms with E-state index in [-0.39, 0.29) is 12.1 Å². The first kappa shape index (κ1) is 11.5. The molecule has 0 aliphatic carbocycles. The third-order valence-electron chi connectivity index (χ3n) is 2.82. The van der Waals surface area contributed by atoms with Gasteiger partial charge in [0.25, 0.3) is 0 Å². The Morgan fingerprint density at radius 1 is 1.44 bits per heavy atom. The minimum Gasteiger partial charge on any atom is -0.376 e. The SMILES string of the molecule is CNC(c1ccc(C)nc1)C1COCCO1. The van der Waals surface area contributed by atoms with E-state index in [9.17, 15) is 0 Å². The molecule has 2 rings (SSSR count). The molecule has 1 saturated heterocycles. The number of nitrogens with one attached hydrogen (secondary N) is 1. The molecule has 1 aromatic rings. The van der Waals surface area contributed by atoms with Crippen LogP contribution < -0.4 is 5.32 Å². The van der Waals surface area contributed by atoms with Crippen LogP contribution >= 0.6 is 0 Å². The number of aromatic nitrogens is 1. The smallest absolute Gasteiger partial charge is 0.100 e. The van der Waals surface area contributed by atoms with Gasteiger partial charge in [-0.2, -0.15) is 0 Å². The van der Waals surface area contributed by atoms with Gasteiger partial charge in [0.15, 0.2) is 0 Å². The van der Waals surface area contributed by atoms with Gasteiger partial charge in [0.1, 0.15) is 6.10 Å². The normalized spacial score (nSPS) is 23.0. The van der Waals surface area contributed by atoms with Gasteiger partial charge in [0, 0.05) is 11.9 Å². The number of ether oxygens (including phenoxy) is 2. The number of rotatable bonds is 3. The first-order chi connectivity index (χ1) is 7.81. The maximum Gasteiger partial charge on any atom is 0.100 e. The Morgan fingerprint density at radius 3 is 2.88 bits per heavy atom. The second kappa shape index (κ2) is 5.39. The molecule has 1 N–H and O–H groups in total. The maximum atomic E-state index is 5.70. The van der Waals surface area contributed by atoms with Gasteiger partial charge in [-0.05, 0) is 25.6 Å². The first-order valence-electron chi connectivity index (χ1n) is 5.60. The summed E-state index contributed by atoms with van der Waals surface area (Å²) in [5, 5.41) is 3.26. The number of nitrogens with zero attached hydrogens (tertiary/aromatic N) is 1. The lowest BCUT2D eigenvalue weighted by atomic mass is 10.0. The standard InChI is InChI=1S/C12H18N2O2/c1-9-3-4-10(7-14-9)12(13-2)11-8-15-5-6-16-11/h3-4,7,11-13H,5-6,8H2,1-2H3. The van der Waals surface area contributed by atoms with Gasteiger partial charge < -0.3 is 14.8 Å². The van der Waals surface area contributed by atoms with Crippen molar-refractivity contribution in [2.24, 2.45) is 0 Å². The molecule has 0 saturated carbocycles. The van der Waals surface area contributed by atoms with Crippen molar-refractivity contribution in [3.8, 4) is 0 Å². The number of hydrogen-bond acceptors (Lipinski definition) is 4. The molecule has 2 atom stereocenters. The fourth-order valence-electron chi connectivity index (χ4n) is 1.93. The molecule has 2 unspecified atom stereocenters. The van der Waals surface area contributed by atoms with Crippen LogP contribution in [0, 0.1) is 6.92 Å². The largest absolute Gasteiger partial charge is 0.376 e. The predicted octanol–water partition coefficient (Wildman–Crippen LogP) is 1.07. The number of hydrogen-bond donors (Lipinski definition) is 1. The van der Waals surface area contributed by atoms with Crippen molar-refractivity contribution < 1.29 is 9.47 Å². The van der Waals surface area contributed by atoms with Crippen LogP contribution in [0.3, 0.4) is 0 Å². The Labute approximate surface area is 96.0 Å². The molecule has 1 aromatic heterocycles. The summed E-state index contributed by atoms with van der Waals surface area (Å²) in [6.45, 7) is 3.99. The molecule has 1 aliphatic heterocycles. The zero-order valence-corrected chi connectivity index (χ0v) is 9.77. The summed E-state index contributed by atoms with van der Waals surface area (Å²) in [4.78, 5) is 4.31. The molecule has 4 heteroatoms. The monoisotopic (exact) mass is 222 g/mol. The number of pyridine rings is 1. The van der Waals surface area contributed by atoms with E-state index in [0.717, 1.165) is 11.3 Å². The van der Waals surface area contributed by atoms with Crippen LogP contribution in [0.4, 0.5) is 0 Å². The van der Waals surface area contributed by atoms with Crippen molar-refractivity contribution in [2.75, 3.05) is 26.9 Å². The third-order valence-corrected chi connectivity index (χ3v) is 2.82. The quantitative estimate of drug-likeness (QED) is 0.830. The molecular formula is C12H18N2O2. The lowest BCUT2D eigenvalue weighted by Crippen LogP contribution is -2.39. The highest BCUT2D eigenvalue weighted by Crippen LogP contribution is 2.20. The summed E-state index contributed by atoms with van der Waals surface area (Å²) < 4.78 is 11.1. The van der Waals surface area contributed by atoms with E-state index in [2.05, 4.69) is 16.4 Å². The summed E-state index contributed by atoms with van der Waals surface area (Å²) in [5.74, 6) is 0. The highest BCUT2D eigenvalue weighted by molar-refractivity contribution is 5.18. The van der Waals surface area contributed by atoms with Gasteiger partial charge >= 0.3 is 0 Å². The van der Waals surface area contributed by atoms with Gasteiger partial charge in [-0.1, -0.05) is 6.07 Å². The summed E-state index contributed by atoms with van der Waals surface area (Å²) in [7, 11) is 1.93. The summed E-state index contributed by atoms with van der Waals surface area (Å²) >= 11 is 0. The van der Waals surface area contributed by atoms with E-state index in [1.54, 1.807) is 0 Å². The average molecular weight is 222 g/mol. The fourth-order valence-corrected chi connectivity index (χ4v) is 1.93. The Morgan fingerprint density at radius 2 is 2.31 bits per heavy atom. The van der Waals surface area contributed by atoms with Crippen LogP contribution in [-0.2, 0) is 9.47 Å². The molecule has 2 heterocycles. The van der Waals surface area contributed by atoms with Crippen LogP contribution in [0.25, 0.3) is 0 Å². The maximum absolute atomic E-state index is 5.70. The van der Waals surface area contributed by atoms with E-state index < -0.39 is 0 Å². The van der Waals surface area contributed by atoms with Crippen LogP contribution in [0.15, 0.2) is 18.3 Å². The average Bonchev–Trinajstić information content (AvgIpc) is 2.34. The van der Waals surface area contributed by atoms with Crippen LogP contribution in [-0.4, -0.2) is 38.0 Å². The first-order valence-corrected chi connectivity index (χ1v) is 5.60. The molecule has 4 nitrogen and oxygen atoms in total.